The lowest BCUT2D eigenvalue weighted by molar-refractivity contribution is -0.121. The number of benzene rings is 1. The number of rotatable bonds is 3. The van der Waals surface area contributed by atoms with Crippen molar-refractivity contribution in [2.45, 2.75) is 25.3 Å². The maximum Gasteiger partial charge on any atom is 0.242 e. The zero-order chi connectivity index (χ0) is 16.2. The number of nitrogens with two attached hydrogens (primary N) is 1. The fourth-order valence-corrected chi connectivity index (χ4v) is 2.59. The summed E-state index contributed by atoms with van der Waals surface area (Å²) in [4.78, 5) is 20.3. The first-order chi connectivity index (χ1) is 11.1. The number of hydrogen-bond donors (Lipinski definition) is 3. The van der Waals surface area contributed by atoms with Crippen LogP contribution >= 0.6 is 0 Å². The van der Waals surface area contributed by atoms with Gasteiger partial charge in [-0.25, -0.2) is 9.37 Å². The minimum atomic E-state index is -0.369. The number of nitrogens with zero attached hydrogens (tertiary/aromatic N) is 2. The molecule has 6 nitrogen and oxygen atoms in total. The van der Waals surface area contributed by atoms with E-state index in [4.69, 9.17) is 5.73 Å². The number of halogens is 1. The SMILES string of the molecule is Nc1ncc(-c2ccc(F)cc2)c(NC2CCCCNC2=O)n1. The minimum absolute atomic E-state index is 0.0512. The van der Waals surface area contributed by atoms with Gasteiger partial charge in [-0.05, 0) is 37.0 Å². The molecule has 0 radical (unpaired) electrons. The van der Waals surface area contributed by atoms with E-state index < -0.39 is 0 Å². The smallest absolute Gasteiger partial charge is 0.242 e. The molecule has 0 spiro atoms. The maximum atomic E-state index is 13.1. The van der Waals surface area contributed by atoms with E-state index in [-0.39, 0.29) is 23.7 Å². The quantitative estimate of drug-likeness (QED) is 0.805. The van der Waals surface area contributed by atoms with Crippen molar-refractivity contribution in [3.63, 3.8) is 0 Å². The maximum absolute atomic E-state index is 13.1. The molecule has 0 bridgehead atoms. The Balaban J connectivity index is 1.92. The summed E-state index contributed by atoms with van der Waals surface area (Å²) >= 11 is 0. The lowest BCUT2D eigenvalue weighted by Crippen LogP contribution is -2.38. The number of carbonyl (C=O) groups is 1. The largest absolute Gasteiger partial charge is 0.368 e. The second kappa shape index (κ2) is 6.60. The van der Waals surface area contributed by atoms with Crippen LogP contribution < -0.4 is 16.4 Å². The predicted octanol–water partition coefficient (Wildman–Crippen LogP) is 1.95. The van der Waals surface area contributed by atoms with Crippen molar-refractivity contribution in [3.05, 3.63) is 36.3 Å². The fraction of sp³-hybridized carbons (Fsp3) is 0.312. The van der Waals surface area contributed by atoms with Crippen LogP contribution in [-0.2, 0) is 4.79 Å². The standard InChI is InChI=1S/C16H18FN5O/c17-11-6-4-10(5-7-11)12-9-20-16(18)22-14(12)21-13-3-1-2-8-19-15(13)23/h4-7,9,13H,1-3,8H2,(H,19,23)(H3,18,20,21,22). The molecule has 1 unspecified atom stereocenters. The summed E-state index contributed by atoms with van der Waals surface area (Å²) in [5.41, 5.74) is 7.11. The monoisotopic (exact) mass is 315 g/mol. The van der Waals surface area contributed by atoms with Crippen molar-refractivity contribution in [1.29, 1.82) is 0 Å². The molecule has 120 valence electrons. The first-order valence-corrected chi connectivity index (χ1v) is 7.56. The van der Waals surface area contributed by atoms with Crippen molar-refractivity contribution in [2.75, 3.05) is 17.6 Å². The zero-order valence-electron chi connectivity index (χ0n) is 12.6. The Morgan fingerprint density at radius 3 is 2.83 bits per heavy atom. The Morgan fingerprint density at radius 1 is 1.26 bits per heavy atom. The third-order valence-corrected chi connectivity index (χ3v) is 3.81. The second-order valence-electron chi connectivity index (χ2n) is 5.48. The molecule has 1 aromatic heterocycles. The van der Waals surface area contributed by atoms with E-state index in [9.17, 15) is 9.18 Å². The van der Waals surface area contributed by atoms with Crippen molar-refractivity contribution >= 4 is 17.7 Å². The highest BCUT2D eigenvalue weighted by molar-refractivity contribution is 5.86. The molecular weight excluding hydrogens is 297 g/mol. The molecule has 1 aliphatic heterocycles. The first kappa shape index (κ1) is 15.2. The number of nitrogens with one attached hydrogen (secondary N) is 2. The lowest BCUT2D eigenvalue weighted by atomic mass is 10.1. The third-order valence-electron chi connectivity index (χ3n) is 3.81. The summed E-state index contributed by atoms with van der Waals surface area (Å²) in [6.45, 7) is 0.688. The first-order valence-electron chi connectivity index (χ1n) is 7.56. The average Bonchev–Trinajstić information content (AvgIpc) is 2.74. The second-order valence-corrected chi connectivity index (χ2v) is 5.48. The van der Waals surface area contributed by atoms with Crippen LogP contribution in [-0.4, -0.2) is 28.5 Å². The predicted molar refractivity (Wildman–Crippen MR) is 86.1 cm³/mol. The van der Waals surface area contributed by atoms with Gasteiger partial charge in [0.15, 0.2) is 0 Å². The van der Waals surface area contributed by atoms with E-state index in [1.807, 2.05) is 0 Å². The summed E-state index contributed by atoms with van der Waals surface area (Å²) in [5.74, 6) is 0.228. The van der Waals surface area contributed by atoms with Crippen LogP contribution in [0.1, 0.15) is 19.3 Å². The van der Waals surface area contributed by atoms with Crippen molar-refractivity contribution in [2.24, 2.45) is 0 Å². The number of nitrogen functional groups attached to an aromatic ring is 1. The molecule has 1 fully saturated rings. The number of amides is 1. The summed E-state index contributed by atoms with van der Waals surface area (Å²) in [6, 6.07) is 5.65. The highest BCUT2D eigenvalue weighted by atomic mass is 19.1. The van der Waals surface area contributed by atoms with Crippen molar-refractivity contribution in [1.82, 2.24) is 15.3 Å². The van der Waals surface area contributed by atoms with E-state index in [0.29, 0.717) is 17.9 Å². The highest BCUT2D eigenvalue weighted by Crippen LogP contribution is 2.27. The normalized spacial score (nSPS) is 18.1. The van der Waals surface area contributed by atoms with Gasteiger partial charge in [-0.15, -0.1) is 0 Å². The van der Waals surface area contributed by atoms with Gasteiger partial charge in [-0.1, -0.05) is 12.1 Å². The van der Waals surface area contributed by atoms with Crippen LogP contribution in [0.15, 0.2) is 30.5 Å². The van der Waals surface area contributed by atoms with E-state index in [2.05, 4.69) is 20.6 Å². The van der Waals surface area contributed by atoms with E-state index in [0.717, 1.165) is 24.8 Å². The molecule has 1 amide bonds. The van der Waals surface area contributed by atoms with Crippen LogP contribution in [0.2, 0.25) is 0 Å². The van der Waals surface area contributed by atoms with Crippen molar-refractivity contribution < 1.29 is 9.18 Å². The molecule has 23 heavy (non-hydrogen) atoms. The van der Waals surface area contributed by atoms with Crippen LogP contribution in [0, 0.1) is 5.82 Å². The number of aromatic nitrogens is 2. The Morgan fingerprint density at radius 2 is 2.04 bits per heavy atom. The molecule has 2 heterocycles. The zero-order valence-corrected chi connectivity index (χ0v) is 12.6. The molecule has 1 aliphatic rings. The highest BCUT2D eigenvalue weighted by Gasteiger charge is 2.22. The topological polar surface area (TPSA) is 92.9 Å². The molecule has 2 aromatic rings. The minimum Gasteiger partial charge on any atom is -0.368 e. The molecule has 7 heteroatoms. The molecule has 3 rings (SSSR count). The van der Waals surface area contributed by atoms with Crippen LogP contribution in [0.25, 0.3) is 11.1 Å². The summed E-state index contributed by atoms with van der Waals surface area (Å²) in [6.07, 6.45) is 4.20. The molecule has 1 saturated heterocycles. The van der Waals surface area contributed by atoms with Crippen LogP contribution in [0.3, 0.4) is 0 Å². The van der Waals surface area contributed by atoms with E-state index in [1.165, 1.54) is 12.1 Å². The Hall–Kier alpha value is -2.70. The molecular formula is C16H18FN5O. The Kier molecular flexibility index (Phi) is 4.36. The molecule has 4 N–H and O–H groups in total. The molecule has 0 aliphatic carbocycles. The Labute approximate surface area is 133 Å². The van der Waals surface area contributed by atoms with Gasteiger partial charge in [0.1, 0.15) is 17.7 Å². The van der Waals surface area contributed by atoms with Gasteiger partial charge < -0.3 is 16.4 Å². The van der Waals surface area contributed by atoms with Gasteiger partial charge in [0.2, 0.25) is 11.9 Å². The molecule has 1 aromatic carbocycles. The number of hydrogen-bond acceptors (Lipinski definition) is 5. The van der Waals surface area contributed by atoms with Gasteiger partial charge in [-0.3, -0.25) is 4.79 Å². The average molecular weight is 315 g/mol. The summed E-state index contributed by atoms with van der Waals surface area (Å²) < 4.78 is 13.1. The van der Waals surface area contributed by atoms with Gasteiger partial charge in [0.25, 0.3) is 0 Å². The van der Waals surface area contributed by atoms with Gasteiger partial charge >= 0.3 is 0 Å². The lowest BCUT2D eigenvalue weighted by Gasteiger charge is -2.18. The fourth-order valence-electron chi connectivity index (χ4n) is 2.59. The molecule has 0 saturated carbocycles. The van der Waals surface area contributed by atoms with Gasteiger partial charge in [0, 0.05) is 18.3 Å². The Bertz CT molecular complexity index is 704. The van der Waals surface area contributed by atoms with E-state index >= 15 is 0 Å². The third kappa shape index (κ3) is 3.56. The van der Waals surface area contributed by atoms with Gasteiger partial charge in [0.05, 0.1) is 0 Å². The number of anilines is 2. The summed E-state index contributed by atoms with van der Waals surface area (Å²) in [5, 5.41) is 6.03. The summed E-state index contributed by atoms with van der Waals surface area (Å²) in [7, 11) is 0. The van der Waals surface area contributed by atoms with E-state index in [1.54, 1.807) is 18.3 Å². The molecule has 1 atom stereocenters. The van der Waals surface area contributed by atoms with Gasteiger partial charge in [-0.2, -0.15) is 4.98 Å². The number of carbonyl (C=O) groups excluding carboxylic acids is 1. The van der Waals surface area contributed by atoms with Crippen LogP contribution in [0.4, 0.5) is 16.2 Å². The van der Waals surface area contributed by atoms with Crippen molar-refractivity contribution in [3.8, 4) is 11.1 Å². The van der Waals surface area contributed by atoms with Crippen LogP contribution in [0.5, 0.6) is 0 Å².